The maximum atomic E-state index is 12.4. The number of amides is 1. The first kappa shape index (κ1) is 14.0. The maximum absolute atomic E-state index is 12.4. The third kappa shape index (κ3) is 2.75. The zero-order chi connectivity index (χ0) is 15.0. The van der Waals surface area contributed by atoms with Crippen LogP contribution in [0.2, 0.25) is 5.02 Å². The molecule has 0 saturated heterocycles. The van der Waals surface area contributed by atoms with E-state index in [0.717, 1.165) is 21.5 Å². The Bertz CT molecular complexity index is 824. The highest BCUT2D eigenvalue weighted by molar-refractivity contribution is 7.21. The fraction of sp³-hybridized carbons (Fsp3) is 0.133. The molecule has 0 radical (unpaired) electrons. The van der Waals surface area contributed by atoms with Crippen molar-refractivity contribution >= 4 is 44.9 Å². The van der Waals surface area contributed by atoms with Gasteiger partial charge in [-0.2, -0.15) is 0 Å². The number of aryl methyl sites for hydroxylation is 2. The zero-order valence-electron chi connectivity index (χ0n) is 11.5. The summed E-state index contributed by atoms with van der Waals surface area (Å²) >= 11 is 7.65. The van der Waals surface area contributed by atoms with Crippen molar-refractivity contribution in [1.82, 2.24) is 9.97 Å². The van der Waals surface area contributed by atoms with Crippen LogP contribution in [0.15, 0.2) is 30.3 Å². The quantitative estimate of drug-likeness (QED) is 0.770. The van der Waals surface area contributed by atoms with E-state index < -0.39 is 0 Å². The average Bonchev–Trinajstić information content (AvgIpc) is 2.76. The molecule has 0 unspecified atom stereocenters. The van der Waals surface area contributed by atoms with E-state index >= 15 is 0 Å². The number of carbonyl (C=O) groups excluding carboxylic acids is 1. The first-order valence-electron chi connectivity index (χ1n) is 6.35. The number of hydrogen-bond donors (Lipinski definition) is 1. The number of nitrogens with one attached hydrogen (secondary N) is 1. The highest BCUT2D eigenvalue weighted by Gasteiger charge is 2.17. The van der Waals surface area contributed by atoms with E-state index in [0.29, 0.717) is 15.8 Å². The lowest BCUT2D eigenvalue weighted by Crippen LogP contribution is -2.14. The number of anilines is 1. The number of benzene rings is 1. The Hall–Kier alpha value is -1.98. The smallest absolute Gasteiger partial charge is 0.269 e. The summed E-state index contributed by atoms with van der Waals surface area (Å²) in [5.74, 6) is 0.0113. The van der Waals surface area contributed by atoms with E-state index in [2.05, 4.69) is 15.3 Å². The van der Waals surface area contributed by atoms with Crippen molar-refractivity contribution in [2.75, 3.05) is 5.32 Å². The standard InChI is InChI=1S/C15H12ClN3OS/c1-8-7-9(2)18-15(17-8)19-14(20)13-12(16)10-5-3-4-6-11(10)21-13/h3-7H,1-2H3,(H,17,18,19,20). The first-order valence-corrected chi connectivity index (χ1v) is 7.54. The number of hydrogen-bond acceptors (Lipinski definition) is 4. The minimum atomic E-state index is -0.286. The lowest BCUT2D eigenvalue weighted by Gasteiger charge is -2.04. The van der Waals surface area contributed by atoms with Crippen molar-refractivity contribution < 1.29 is 4.79 Å². The van der Waals surface area contributed by atoms with Gasteiger partial charge in [-0.1, -0.05) is 29.8 Å². The van der Waals surface area contributed by atoms with Gasteiger partial charge >= 0.3 is 0 Å². The third-order valence-electron chi connectivity index (χ3n) is 2.95. The van der Waals surface area contributed by atoms with Crippen molar-refractivity contribution in [3.63, 3.8) is 0 Å². The molecule has 21 heavy (non-hydrogen) atoms. The van der Waals surface area contributed by atoms with Gasteiger partial charge in [-0.25, -0.2) is 9.97 Å². The molecule has 6 heteroatoms. The second kappa shape index (κ2) is 5.42. The number of fused-ring (bicyclic) bond motifs is 1. The van der Waals surface area contributed by atoms with E-state index in [1.54, 1.807) is 0 Å². The molecule has 1 N–H and O–H groups in total. The van der Waals surface area contributed by atoms with Gasteiger partial charge in [0.15, 0.2) is 0 Å². The summed E-state index contributed by atoms with van der Waals surface area (Å²) in [7, 11) is 0. The summed E-state index contributed by atoms with van der Waals surface area (Å²) in [4.78, 5) is 21.2. The Balaban J connectivity index is 1.95. The minimum Gasteiger partial charge on any atom is -0.290 e. The predicted molar refractivity (Wildman–Crippen MR) is 86.3 cm³/mol. The highest BCUT2D eigenvalue weighted by atomic mass is 35.5. The molecule has 4 nitrogen and oxygen atoms in total. The number of thiophene rings is 1. The molecule has 0 aliphatic heterocycles. The Morgan fingerprint density at radius 1 is 1.19 bits per heavy atom. The van der Waals surface area contributed by atoms with Gasteiger partial charge in [0.2, 0.25) is 5.95 Å². The Morgan fingerprint density at radius 2 is 1.86 bits per heavy atom. The molecule has 0 bridgehead atoms. The number of rotatable bonds is 2. The number of nitrogens with zero attached hydrogens (tertiary/aromatic N) is 2. The minimum absolute atomic E-state index is 0.286. The van der Waals surface area contributed by atoms with Gasteiger partial charge in [0.1, 0.15) is 4.88 Å². The SMILES string of the molecule is Cc1cc(C)nc(NC(=O)c2sc3ccccc3c2Cl)n1. The zero-order valence-corrected chi connectivity index (χ0v) is 13.0. The second-order valence-corrected chi connectivity index (χ2v) is 6.10. The van der Waals surface area contributed by atoms with Gasteiger partial charge in [0.25, 0.3) is 5.91 Å². The molecule has 106 valence electrons. The summed E-state index contributed by atoms with van der Waals surface area (Å²) in [6, 6.07) is 9.51. The Kier molecular flexibility index (Phi) is 3.61. The van der Waals surface area contributed by atoms with Gasteiger partial charge in [-0.05, 0) is 26.0 Å². The lowest BCUT2D eigenvalue weighted by molar-refractivity contribution is 0.103. The Morgan fingerprint density at radius 3 is 2.52 bits per heavy atom. The topological polar surface area (TPSA) is 54.9 Å². The van der Waals surface area contributed by atoms with Gasteiger partial charge in [-0.15, -0.1) is 11.3 Å². The molecular formula is C15H12ClN3OS. The number of aromatic nitrogens is 2. The van der Waals surface area contributed by atoms with Crippen molar-refractivity contribution in [2.24, 2.45) is 0 Å². The Labute approximate surface area is 130 Å². The number of carbonyl (C=O) groups is 1. The van der Waals surface area contributed by atoms with Gasteiger partial charge in [0.05, 0.1) is 5.02 Å². The second-order valence-electron chi connectivity index (χ2n) is 4.67. The normalized spacial score (nSPS) is 10.8. The average molecular weight is 318 g/mol. The van der Waals surface area contributed by atoms with Crippen LogP contribution in [0.25, 0.3) is 10.1 Å². The van der Waals surface area contributed by atoms with Crippen molar-refractivity contribution in [3.8, 4) is 0 Å². The van der Waals surface area contributed by atoms with Crippen LogP contribution in [-0.2, 0) is 0 Å². The van der Waals surface area contributed by atoms with Gasteiger partial charge < -0.3 is 0 Å². The van der Waals surface area contributed by atoms with Crippen molar-refractivity contribution in [1.29, 1.82) is 0 Å². The van der Waals surface area contributed by atoms with E-state index in [1.807, 2.05) is 44.2 Å². The first-order chi connectivity index (χ1) is 10.0. The van der Waals surface area contributed by atoms with Gasteiger partial charge in [-0.3, -0.25) is 10.1 Å². The van der Waals surface area contributed by atoms with Crippen LogP contribution < -0.4 is 5.32 Å². The molecule has 3 aromatic rings. The van der Waals surface area contributed by atoms with E-state index in [1.165, 1.54) is 11.3 Å². The van der Waals surface area contributed by atoms with Crippen LogP contribution in [0, 0.1) is 13.8 Å². The third-order valence-corrected chi connectivity index (χ3v) is 4.62. The van der Waals surface area contributed by atoms with Crippen molar-refractivity contribution in [3.05, 3.63) is 51.6 Å². The summed E-state index contributed by atoms with van der Waals surface area (Å²) in [5.41, 5.74) is 1.61. The lowest BCUT2D eigenvalue weighted by atomic mass is 10.2. The molecule has 2 aromatic heterocycles. The molecule has 0 aliphatic rings. The molecule has 0 spiro atoms. The molecule has 0 saturated carbocycles. The summed E-state index contributed by atoms with van der Waals surface area (Å²) < 4.78 is 0.981. The molecule has 1 amide bonds. The van der Waals surface area contributed by atoms with E-state index in [9.17, 15) is 4.79 Å². The van der Waals surface area contributed by atoms with Crippen LogP contribution in [0.3, 0.4) is 0 Å². The molecular weight excluding hydrogens is 306 g/mol. The summed E-state index contributed by atoms with van der Waals surface area (Å²) in [6.45, 7) is 3.72. The fourth-order valence-electron chi connectivity index (χ4n) is 2.10. The summed E-state index contributed by atoms with van der Waals surface area (Å²) in [5, 5.41) is 4.06. The van der Waals surface area contributed by atoms with Crippen LogP contribution in [0.4, 0.5) is 5.95 Å². The monoisotopic (exact) mass is 317 g/mol. The van der Waals surface area contributed by atoms with Crippen LogP contribution >= 0.6 is 22.9 Å². The fourth-order valence-corrected chi connectivity index (χ4v) is 3.51. The van der Waals surface area contributed by atoms with Crippen LogP contribution in [-0.4, -0.2) is 15.9 Å². The highest BCUT2D eigenvalue weighted by Crippen LogP contribution is 2.35. The van der Waals surface area contributed by atoms with Crippen LogP contribution in [0.5, 0.6) is 0 Å². The summed E-state index contributed by atoms with van der Waals surface area (Å²) in [6.07, 6.45) is 0. The van der Waals surface area contributed by atoms with Crippen molar-refractivity contribution in [2.45, 2.75) is 13.8 Å². The van der Waals surface area contributed by atoms with E-state index in [4.69, 9.17) is 11.6 Å². The molecule has 1 aromatic carbocycles. The van der Waals surface area contributed by atoms with E-state index in [-0.39, 0.29) is 5.91 Å². The molecule has 0 atom stereocenters. The molecule has 0 aliphatic carbocycles. The van der Waals surface area contributed by atoms with Gasteiger partial charge in [0, 0.05) is 21.5 Å². The number of halogens is 1. The predicted octanol–water partition coefficient (Wildman–Crippen LogP) is 4.21. The molecule has 0 fully saturated rings. The maximum Gasteiger partial charge on any atom is 0.269 e. The largest absolute Gasteiger partial charge is 0.290 e. The molecule has 3 rings (SSSR count). The van der Waals surface area contributed by atoms with Crippen LogP contribution in [0.1, 0.15) is 21.1 Å². The molecule has 2 heterocycles.